The second-order valence-corrected chi connectivity index (χ2v) is 6.67. The highest BCUT2D eigenvalue weighted by molar-refractivity contribution is 7.08. The Labute approximate surface area is 155 Å². The van der Waals surface area contributed by atoms with Crippen LogP contribution in [0, 0.1) is 11.3 Å². The molecule has 0 bridgehead atoms. The number of hydrogen-bond acceptors (Lipinski definition) is 4. The molecule has 0 aliphatic rings. The van der Waals surface area contributed by atoms with Crippen molar-refractivity contribution in [3.8, 4) is 6.07 Å². The molecule has 26 heavy (non-hydrogen) atoms. The monoisotopic (exact) mass is 360 g/mol. The van der Waals surface area contributed by atoms with Crippen molar-refractivity contribution in [2.45, 2.75) is 6.54 Å². The van der Waals surface area contributed by atoms with Crippen LogP contribution in [0.15, 0.2) is 65.4 Å². The highest BCUT2D eigenvalue weighted by atomic mass is 32.1. The van der Waals surface area contributed by atoms with Crippen molar-refractivity contribution in [3.05, 3.63) is 93.2 Å². The fourth-order valence-electron chi connectivity index (χ4n) is 2.58. The zero-order valence-corrected chi connectivity index (χ0v) is 15.0. The molecular formula is C21H16N2O2S. The second-order valence-electron chi connectivity index (χ2n) is 5.89. The van der Waals surface area contributed by atoms with Crippen molar-refractivity contribution < 1.29 is 9.59 Å². The van der Waals surface area contributed by atoms with Crippen molar-refractivity contribution in [2.24, 2.45) is 0 Å². The third-order valence-corrected chi connectivity index (χ3v) is 4.71. The Balaban J connectivity index is 1.68. The van der Waals surface area contributed by atoms with Gasteiger partial charge in [-0.1, -0.05) is 24.3 Å². The highest BCUT2D eigenvalue weighted by Crippen LogP contribution is 2.15. The number of ketones is 1. The summed E-state index contributed by atoms with van der Waals surface area (Å²) in [5.74, 6) is -0.167. The van der Waals surface area contributed by atoms with Crippen molar-refractivity contribution in [1.82, 2.24) is 4.90 Å². The fraction of sp³-hybridized carbons (Fsp3) is 0.0952. The van der Waals surface area contributed by atoms with Crippen molar-refractivity contribution >= 4 is 23.0 Å². The first kappa shape index (κ1) is 17.6. The molecule has 4 nitrogen and oxygen atoms in total. The van der Waals surface area contributed by atoms with Crippen LogP contribution in [0.3, 0.4) is 0 Å². The van der Waals surface area contributed by atoms with Crippen LogP contribution in [0.1, 0.15) is 37.4 Å². The minimum atomic E-state index is -0.121. The van der Waals surface area contributed by atoms with Crippen LogP contribution in [0.2, 0.25) is 0 Å². The number of nitrogens with zero attached hydrogens (tertiary/aromatic N) is 2. The van der Waals surface area contributed by atoms with Gasteiger partial charge in [-0.15, -0.1) is 0 Å². The summed E-state index contributed by atoms with van der Waals surface area (Å²) in [5.41, 5.74) is 3.29. The van der Waals surface area contributed by atoms with E-state index < -0.39 is 0 Å². The second kappa shape index (κ2) is 7.77. The lowest BCUT2D eigenvalue weighted by molar-refractivity contribution is 0.0784. The molecule has 0 unspecified atom stereocenters. The molecule has 128 valence electrons. The Bertz CT molecular complexity index is 953. The van der Waals surface area contributed by atoms with Gasteiger partial charge in [-0.25, -0.2) is 0 Å². The highest BCUT2D eigenvalue weighted by Gasteiger charge is 2.14. The molecule has 0 aliphatic heterocycles. The van der Waals surface area contributed by atoms with Crippen molar-refractivity contribution in [1.29, 1.82) is 5.26 Å². The van der Waals surface area contributed by atoms with Crippen molar-refractivity contribution in [3.63, 3.8) is 0 Å². The summed E-state index contributed by atoms with van der Waals surface area (Å²) in [5, 5.41) is 12.5. The van der Waals surface area contributed by atoms with Crippen LogP contribution in [0.5, 0.6) is 0 Å². The molecule has 2 aromatic carbocycles. The molecule has 0 aliphatic carbocycles. The molecule has 0 atom stereocenters. The van der Waals surface area contributed by atoms with Crippen LogP contribution < -0.4 is 0 Å². The van der Waals surface area contributed by atoms with E-state index in [1.807, 2.05) is 22.9 Å². The summed E-state index contributed by atoms with van der Waals surface area (Å²) in [6, 6.07) is 17.7. The lowest BCUT2D eigenvalue weighted by Gasteiger charge is -2.17. The number of rotatable bonds is 5. The van der Waals surface area contributed by atoms with Gasteiger partial charge in [0.15, 0.2) is 5.78 Å². The SMILES string of the molecule is CN(Cc1ccc(C#N)cc1)C(=O)c1ccc(C(=O)c2ccsc2)cc1. The molecule has 0 saturated heterocycles. The number of nitriles is 1. The number of hydrogen-bond donors (Lipinski definition) is 0. The number of carbonyl (C=O) groups is 2. The minimum Gasteiger partial charge on any atom is -0.337 e. The standard InChI is InChI=1S/C21H16N2O2S/c1-23(13-16-4-2-15(12-22)3-5-16)21(25)18-8-6-17(7-9-18)20(24)19-10-11-26-14-19/h2-11,14H,13H2,1H3. The Kier molecular flexibility index (Phi) is 5.26. The topological polar surface area (TPSA) is 61.2 Å². The average molecular weight is 360 g/mol. The average Bonchev–Trinajstić information content (AvgIpc) is 3.22. The van der Waals surface area contributed by atoms with Crippen molar-refractivity contribution in [2.75, 3.05) is 7.05 Å². The number of amides is 1. The molecule has 0 N–H and O–H groups in total. The number of thiophene rings is 1. The summed E-state index contributed by atoms with van der Waals surface area (Å²) >= 11 is 1.48. The van der Waals surface area contributed by atoms with Crippen LogP contribution in [0.4, 0.5) is 0 Å². The molecule has 0 fully saturated rings. The van der Waals surface area contributed by atoms with Crippen LogP contribution in [0.25, 0.3) is 0 Å². The zero-order valence-electron chi connectivity index (χ0n) is 14.2. The summed E-state index contributed by atoms with van der Waals surface area (Å²) in [4.78, 5) is 26.5. The molecule has 3 rings (SSSR count). The Hall–Kier alpha value is -3.23. The summed E-state index contributed by atoms with van der Waals surface area (Å²) in [7, 11) is 1.73. The van der Waals surface area contributed by atoms with E-state index in [-0.39, 0.29) is 11.7 Å². The maximum atomic E-state index is 12.6. The Morgan fingerprint density at radius 2 is 1.62 bits per heavy atom. The Morgan fingerprint density at radius 1 is 0.962 bits per heavy atom. The molecule has 3 aromatic rings. The van der Waals surface area contributed by atoms with Gasteiger partial charge in [0.1, 0.15) is 0 Å². The van der Waals surface area contributed by atoms with Gasteiger partial charge in [0.05, 0.1) is 11.6 Å². The van der Waals surface area contributed by atoms with E-state index in [1.54, 1.807) is 54.4 Å². The maximum absolute atomic E-state index is 12.6. The molecule has 1 aromatic heterocycles. The lowest BCUT2D eigenvalue weighted by atomic mass is 10.0. The van der Waals surface area contributed by atoms with E-state index in [0.29, 0.717) is 28.8 Å². The van der Waals surface area contributed by atoms with Gasteiger partial charge in [-0.05, 0) is 41.3 Å². The molecule has 0 saturated carbocycles. The van der Waals surface area contributed by atoms with E-state index >= 15 is 0 Å². The van der Waals surface area contributed by atoms with Crippen LogP contribution in [-0.4, -0.2) is 23.6 Å². The Morgan fingerprint density at radius 3 is 2.19 bits per heavy atom. The molecule has 0 radical (unpaired) electrons. The van der Waals surface area contributed by atoms with Gasteiger partial charge in [0, 0.05) is 35.7 Å². The largest absolute Gasteiger partial charge is 0.337 e. The summed E-state index contributed by atoms with van der Waals surface area (Å²) in [6.07, 6.45) is 0. The van der Waals surface area contributed by atoms with E-state index in [0.717, 1.165) is 5.56 Å². The zero-order chi connectivity index (χ0) is 18.5. The lowest BCUT2D eigenvalue weighted by Crippen LogP contribution is -2.26. The smallest absolute Gasteiger partial charge is 0.253 e. The van der Waals surface area contributed by atoms with Gasteiger partial charge in [0.2, 0.25) is 0 Å². The van der Waals surface area contributed by atoms with E-state index in [9.17, 15) is 9.59 Å². The third kappa shape index (κ3) is 3.88. The van der Waals surface area contributed by atoms with Gasteiger partial charge in [-0.2, -0.15) is 16.6 Å². The quantitative estimate of drug-likeness (QED) is 0.643. The maximum Gasteiger partial charge on any atom is 0.253 e. The van der Waals surface area contributed by atoms with Gasteiger partial charge in [-0.3, -0.25) is 9.59 Å². The number of carbonyl (C=O) groups excluding carboxylic acids is 2. The molecular weight excluding hydrogens is 344 g/mol. The van der Waals surface area contributed by atoms with Crippen LogP contribution >= 0.6 is 11.3 Å². The normalized spacial score (nSPS) is 10.2. The van der Waals surface area contributed by atoms with Gasteiger partial charge >= 0.3 is 0 Å². The first-order valence-corrected chi connectivity index (χ1v) is 8.94. The van der Waals surface area contributed by atoms with Gasteiger partial charge in [0.25, 0.3) is 5.91 Å². The molecule has 5 heteroatoms. The summed E-state index contributed by atoms with van der Waals surface area (Å²) in [6.45, 7) is 0.445. The van der Waals surface area contributed by atoms with E-state index in [4.69, 9.17) is 5.26 Å². The molecule has 0 spiro atoms. The first-order chi connectivity index (χ1) is 12.6. The molecule has 1 heterocycles. The van der Waals surface area contributed by atoms with E-state index in [1.165, 1.54) is 11.3 Å². The third-order valence-electron chi connectivity index (χ3n) is 4.03. The number of benzene rings is 2. The summed E-state index contributed by atoms with van der Waals surface area (Å²) < 4.78 is 0. The predicted octanol–water partition coefficient (Wildman–Crippen LogP) is 4.12. The van der Waals surface area contributed by atoms with Crippen LogP contribution in [-0.2, 0) is 6.54 Å². The predicted molar refractivity (Wildman–Crippen MR) is 101 cm³/mol. The van der Waals surface area contributed by atoms with E-state index in [2.05, 4.69) is 6.07 Å². The fourth-order valence-corrected chi connectivity index (χ4v) is 3.21. The van der Waals surface area contributed by atoms with Gasteiger partial charge < -0.3 is 4.90 Å². The minimum absolute atomic E-state index is 0.0452. The first-order valence-electron chi connectivity index (χ1n) is 8.00. The molecule has 1 amide bonds.